The van der Waals surface area contributed by atoms with Gasteiger partial charge in [-0.15, -0.1) is 0 Å². The molecule has 0 heterocycles. The first-order chi connectivity index (χ1) is 7.87. The lowest BCUT2D eigenvalue weighted by Gasteiger charge is -2.18. The van der Waals surface area contributed by atoms with Crippen molar-refractivity contribution in [2.75, 3.05) is 13.1 Å². The summed E-state index contributed by atoms with van der Waals surface area (Å²) >= 11 is 0. The van der Waals surface area contributed by atoms with Crippen LogP contribution < -0.4 is 5.32 Å². The van der Waals surface area contributed by atoms with Gasteiger partial charge in [0.1, 0.15) is 11.6 Å². The van der Waals surface area contributed by atoms with Crippen LogP contribution in [0.1, 0.15) is 32.8 Å². The minimum Gasteiger partial charge on any atom is -0.316 e. The van der Waals surface area contributed by atoms with Crippen LogP contribution in [0, 0.1) is 17.0 Å². The lowest BCUT2D eigenvalue weighted by molar-refractivity contribution is 0.367. The van der Waals surface area contributed by atoms with E-state index in [-0.39, 0.29) is 0 Å². The molecule has 0 bridgehead atoms. The SMILES string of the molecule is CC(C)(C)CCNCCc1cc(F)cc(F)c1. The van der Waals surface area contributed by atoms with Crippen LogP contribution in [0.25, 0.3) is 0 Å². The van der Waals surface area contributed by atoms with Crippen LogP contribution in [0.2, 0.25) is 0 Å². The third kappa shape index (κ3) is 6.37. The molecule has 0 aliphatic heterocycles. The maximum Gasteiger partial charge on any atom is 0.126 e. The number of hydrogen-bond acceptors (Lipinski definition) is 1. The Kier molecular flexibility index (Phi) is 5.06. The quantitative estimate of drug-likeness (QED) is 0.778. The second-order valence-corrected chi connectivity index (χ2v) is 5.59. The maximum absolute atomic E-state index is 12.9. The van der Waals surface area contributed by atoms with Gasteiger partial charge < -0.3 is 5.32 Å². The van der Waals surface area contributed by atoms with E-state index in [1.54, 1.807) is 0 Å². The lowest BCUT2D eigenvalue weighted by atomic mass is 9.92. The average molecular weight is 241 g/mol. The first-order valence-electron chi connectivity index (χ1n) is 6.02. The summed E-state index contributed by atoms with van der Waals surface area (Å²) in [5.41, 5.74) is 1.02. The largest absolute Gasteiger partial charge is 0.316 e. The van der Waals surface area contributed by atoms with Gasteiger partial charge in [-0.3, -0.25) is 0 Å². The smallest absolute Gasteiger partial charge is 0.126 e. The Balaban J connectivity index is 2.27. The number of benzene rings is 1. The lowest BCUT2D eigenvalue weighted by Crippen LogP contribution is -2.22. The summed E-state index contributed by atoms with van der Waals surface area (Å²) in [6.45, 7) is 8.25. The molecule has 3 heteroatoms. The van der Waals surface area contributed by atoms with Crippen LogP contribution in [0.15, 0.2) is 18.2 Å². The highest BCUT2D eigenvalue weighted by molar-refractivity contribution is 5.18. The molecule has 1 nitrogen and oxygen atoms in total. The third-order valence-corrected chi connectivity index (χ3v) is 2.56. The fraction of sp³-hybridized carbons (Fsp3) is 0.571. The Hall–Kier alpha value is -0.960. The molecule has 0 saturated heterocycles. The van der Waals surface area contributed by atoms with E-state index in [1.807, 2.05) is 0 Å². The molecule has 0 spiro atoms. The van der Waals surface area contributed by atoms with Crippen molar-refractivity contribution in [1.29, 1.82) is 0 Å². The summed E-state index contributed by atoms with van der Waals surface area (Å²) < 4.78 is 25.8. The van der Waals surface area contributed by atoms with Crippen molar-refractivity contribution in [2.45, 2.75) is 33.6 Å². The molecule has 0 amide bonds. The molecular formula is C14H21F2N. The van der Waals surface area contributed by atoms with E-state index in [4.69, 9.17) is 0 Å². The standard InChI is InChI=1S/C14H21F2N/c1-14(2,3)5-7-17-6-4-11-8-12(15)10-13(16)9-11/h8-10,17H,4-7H2,1-3H3. The highest BCUT2D eigenvalue weighted by Crippen LogP contribution is 2.16. The Morgan fingerprint density at radius 2 is 1.59 bits per heavy atom. The molecule has 1 aromatic carbocycles. The molecule has 17 heavy (non-hydrogen) atoms. The van der Waals surface area contributed by atoms with E-state index in [9.17, 15) is 8.78 Å². The average Bonchev–Trinajstić information content (AvgIpc) is 2.13. The fourth-order valence-corrected chi connectivity index (χ4v) is 1.58. The topological polar surface area (TPSA) is 12.0 Å². The van der Waals surface area contributed by atoms with Gasteiger partial charge in [-0.05, 0) is 49.0 Å². The summed E-state index contributed by atoms with van der Waals surface area (Å²) in [6, 6.07) is 3.67. The highest BCUT2D eigenvalue weighted by Gasteiger charge is 2.08. The van der Waals surface area contributed by atoms with Crippen LogP contribution in [0.5, 0.6) is 0 Å². The maximum atomic E-state index is 12.9. The number of rotatable bonds is 5. The van der Waals surface area contributed by atoms with Crippen LogP contribution >= 0.6 is 0 Å². The van der Waals surface area contributed by atoms with Gasteiger partial charge in [-0.25, -0.2) is 8.78 Å². The number of nitrogens with one attached hydrogen (secondary N) is 1. The molecule has 0 atom stereocenters. The van der Waals surface area contributed by atoms with Crippen molar-refractivity contribution >= 4 is 0 Å². The van der Waals surface area contributed by atoms with E-state index in [0.29, 0.717) is 17.4 Å². The normalized spacial score (nSPS) is 11.8. The number of hydrogen-bond donors (Lipinski definition) is 1. The summed E-state index contributed by atoms with van der Waals surface area (Å²) in [5.74, 6) is -1.01. The summed E-state index contributed by atoms with van der Waals surface area (Å²) in [5, 5.41) is 3.28. The minimum atomic E-state index is -0.505. The highest BCUT2D eigenvalue weighted by atomic mass is 19.1. The Morgan fingerprint density at radius 3 is 2.12 bits per heavy atom. The zero-order valence-corrected chi connectivity index (χ0v) is 10.8. The molecule has 0 aliphatic rings. The Labute approximate surface area is 102 Å². The number of halogens is 2. The van der Waals surface area contributed by atoms with Crippen LogP contribution in [-0.4, -0.2) is 13.1 Å². The predicted octanol–water partition coefficient (Wildman–Crippen LogP) is 3.53. The fourth-order valence-electron chi connectivity index (χ4n) is 1.58. The molecule has 1 aromatic rings. The minimum absolute atomic E-state index is 0.317. The Morgan fingerprint density at radius 1 is 1.00 bits per heavy atom. The molecule has 96 valence electrons. The van der Waals surface area contributed by atoms with Crippen molar-refractivity contribution in [3.05, 3.63) is 35.4 Å². The molecule has 0 aliphatic carbocycles. The van der Waals surface area contributed by atoms with Gasteiger partial charge >= 0.3 is 0 Å². The zero-order chi connectivity index (χ0) is 12.9. The van der Waals surface area contributed by atoms with Crippen LogP contribution in [0.3, 0.4) is 0 Å². The van der Waals surface area contributed by atoms with Gasteiger partial charge in [0, 0.05) is 6.07 Å². The van der Waals surface area contributed by atoms with Crippen LogP contribution in [-0.2, 0) is 6.42 Å². The molecular weight excluding hydrogens is 220 g/mol. The second-order valence-electron chi connectivity index (χ2n) is 5.59. The molecule has 0 aromatic heterocycles. The van der Waals surface area contributed by atoms with Gasteiger partial charge in [0.25, 0.3) is 0 Å². The van der Waals surface area contributed by atoms with E-state index >= 15 is 0 Å². The van der Waals surface area contributed by atoms with Crippen molar-refractivity contribution in [3.8, 4) is 0 Å². The molecule has 0 saturated carbocycles. The van der Waals surface area contributed by atoms with Crippen molar-refractivity contribution in [1.82, 2.24) is 5.32 Å². The first-order valence-corrected chi connectivity index (χ1v) is 6.02. The van der Waals surface area contributed by atoms with E-state index in [1.165, 1.54) is 12.1 Å². The van der Waals surface area contributed by atoms with Gasteiger partial charge in [0.2, 0.25) is 0 Å². The van der Waals surface area contributed by atoms with Crippen molar-refractivity contribution in [2.24, 2.45) is 5.41 Å². The first kappa shape index (κ1) is 14.1. The van der Waals surface area contributed by atoms with Gasteiger partial charge in [-0.1, -0.05) is 20.8 Å². The molecule has 0 radical (unpaired) electrons. The third-order valence-electron chi connectivity index (χ3n) is 2.56. The second kappa shape index (κ2) is 6.10. The summed E-state index contributed by atoms with van der Waals surface area (Å²) in [4.78, 5) is 0. The van der Waals surface area contributed by atoms with Crippen LogP contribution in [0.4, 0.5) is 8.78 Å². The molecule has 1 N–H and O–H groups in total. The van der Waals surface area contributed by atoms with Crippen molar-refractivity contribution < 1.29 is 8.78 Å². The van der Waals surface area contributed by atoms with Crippen molar-refractivity contribution in [3.63, 3.8) is 0 Å². The monoisotopic (exact) mass is 241 g/mol. The summed E-state index contributed by atoms with van der Waals surface area (Å²) in [6.07, 6.45) is 1.74. The predicted molar refractivity (Wildman–Crippen MR) is 67.0 cm³/mol. The summed E-state index contributed by atoms with van der Waals surface area (Å²) in [7, 11) is 0. The molecule has 0 fully saturated rings. The van der Waals surface area contributed by atoms with Gasteiger partial charge in [0.15, 0.2) is 0 Å². The molecule has 1 rings (SSSR count). The Bertz CT molecular complexity index is 335. The molecule has 0 unspecified atom stereocenters. The van der Waals surface area contributed by atoms with E-state index in [2.05, 4.69) is 26.1 Å². The van der Waals surface area contributed by atoms with E-state index in [0.717, 1.165) is 25.6 Å². The van der Waals surface area contributed by atoms with Gasteiger partial charge in [0.05, 0.1) is 0 Å². The zero-order valence-electron chi connectivity index (χ0n) is 10.8. The van der Waals surface area contributed by atoms with E-state index < -0.39 is 11.6 Å². The van der Waals surface area contributed by atoms with Gasteiger partial charge in [-0.2, -0.15) is 0 Å².